The van der Waals surface area contributed by atoms with Crippen LogP contribution in [0.1, 0.15) is 33.9 Å². The van der Waals surface area contributed by atoms with E-state index in [4.69, 9.17) is 19.9 Å². The third kappa shape index (κ3) is 7.88. The lowest BCUT2D eigenvalue weighted by molar-refractivity contribution is 0.275. The van der Waals surface area contributed by atoms with E-state index in [2.05, 4.69) is 243 Å². The Morgan fingerprint density at radius 3 is 1.12 bits per heavy atom. The molecule has 2 aliphatic heterocycles. The molecule has 16 rings (SSSR count). The predicted molar refractivity (Wildman–Crippen MR) is 332 cm³/mol. The molecule has 0 amide bonds. The smallest absolute Gasteiger partial charge is 0.101 e. The fourth-order valence-electron chi connectivity index (χ4n) is 13.8. The Hall–Kier alpha value is -10.2. The van der Waals surface area contributed by atoms with E-state index < -0.39 is 0 Å². The first kappa shape index (κ1) is 46.9. The lowest BCUT2D eigenvalue weighted by Crippen LogP contribution is -2.32. The second kappa shape index (κ2) is 19.0. The Balaban J connectivity index is 0.822. The fourth-order valence-corrected chi connectivity index (χ4v) is 13.8. The highest BCUT2D eigenvalue weighted by molar-refractivity contribution is 6.09. The first-order chi connectivity index (χ1) is 40.1. The summed E-state index contributed by atoms with van der Waals surface area (Å²) in [6.07, 6.45) is 15.4. The lowest BCUT2D eigenvalue weighted by atomic mass is 9.68. The second-order valence-corrected chi connectivity index (χ2v) is 22.1. The summed E-state index contributed by atoms with van der Waals surface area (Å²) in [5.41, 5.74) is 21.7. The van der Waals surface area contributed by atoms with Gasteiger partial charge in [-0.05, 0) is 169 Å². The number of allylic oxidation sites excluding steroid dienone is 1. The van der Waals surface area contributed by atoms with Gasteiger partial charge in [0.1, 0.15) is 6.04 Å². The van der Waals surface area contributed by atoms with E-state index in [9.17, 15) is 0 Å². The number of aliphatic imine (C=N–C) groups is 1. The third-order valence-electron chi connectivity index (χ3n) is 17.2. The normalized spacial score (nSPS) is 15.0. The van der Waals surface area contributed by atoms with Gasteiger partial charge in [0.2, 0.25) is 0 Å². The summed E-state index contributed by atoms with van der Waals surface area (Å²) in [4.78, 5) is 22.0. The van der Waals surface area contributed by atoms with Gasteiger partial charge in [-0.3, -0.25) is 19.9 Å². The number of anilines is 2. The van der Waals surface area contributed by atoms with Gasteiger partial charge in [-0.2, -0.15) is 0 Å². The topological polar surface area (TPSA) is 69.1 Å². The van der Waals surface area contributed by atoms with E-state index in [1.807, 2.05) is 43.0 Å². The van der Waals surface area contributed by atoms with Crippen LogP contribution >= 0.6 is 0 Å². The summed E-state index contributed by atoms with van der Waals surface area (Å²) < 4.78 is 7.07. The number of hydrogen-bond donors (Lipinski definition) is 0. The Morgan fingerprint density at radius 2 is 0.704 bits per heavy atom. The molecular weight excluding hydrogens is 989 g/mol. The van der Waals surface area contributed by atoms with E-state index >= 15 is 0 Å². The van der Waals surface area contributed by atoms with Crippen LogP contribution in [0.4, 0.5) is 11.4 Å². The zero-order chi connectivity index (χ0) is 53.4. The van der Waals surface area contributed by atoms with Crippen molar-refractivity contribution in [2.24, 2.45) is 10.4 Å². The largest absolute Gasteiger partial charge is 0.332 e. The summed E-state index contributed by atoms with van der Waals surface area (Å²) in [7, 11) is 0. The molecule has 8 aromatic carbocycles. The Bertz CT molecular complexity index is 4230. The van der Waals surface area contributed by atoms with Gasteiger partial charge in [-0.1, -0.05) is 127 Å². The maximum Gasteiger partial charge on any atom is 0.101 e. The van der Waals surface area contributed by atoms with Crippen molar-refractivity contribution in [2.75, 3.05) is 4.90 Å². The molecule has 0 saturated heterocycles. The number of aromatic nitrogens is 6. The van der Waals surface area contributed by atoms with E-state index in [0.717, 1.165) is 109 Å². The Labute approximate surface area is 468 Å². The molecule has 0 fully saturated rings. The van der Waals surface area contributed by atoms with Crippen molar-refractivity contribution < 1.29 is 0 Å². The van der Waals surface area contributed by atoms with Crippen molar-refractivity contribution in [1.82, 2.24) is 28.7 Å². The quantitative estimate of drug-likeness (QED) is 0.122. The van der Waals surface area contributed by atoms with E-state index in [1.165, 1.54) is 39.2 Å². The van der Waals surface area contributed by atoms with Gasteiger partial charge in [0.05, 0.1) is 55.7 Å². The van der Waals surface area contributed by atoms with E-state index in [1.54, 1.807) is 0 Å². The molecule has 8 nitrogen and oxygen atoms in total. The van der Waals surface area contributed by atoms with Crippen molar-refractivity contribution in [2.45, 2.75) is 37.8 Å². The number of nitrogens with zero attached hydrogens (tertiary/aromatic N) is 8. The summed E-state index contributed by atoms with van der Waals surface area (Å²) in [6.45, 7) is 0. The molecule has 8 heteroatoms. The molecule has 386 valence electrons. The lowest BCUT2D eigenvalue weighted by Gasteiger charge is -2.36. The van der Waals surface area contributed by atoms with Crippen LogP contribution in [0.2, 0.25) is 0 Å². The molecule has 0 spiro atoms. The minimum Gasteiger partial charge on any atom is -0.332 e. The van der Waals surface area contributed by atoms with Crippen molar-refractivity contribution in [3.63, 3.8) is 0 Å². The first-order valence-corrected chi connectivity index (χ1v) is 28.1. The zero-order valence-electron chi connectivity index (χ0n) is 44.5. The minimum atomic E-state index is -0.275. The van der Waals surface area contributed by atoms with Gasteiger partial charge in [-0.15, -0.1) is 0 Å². The highest BCUT2D eigenvalue weighted by Crippen LogP contribution is 2.48. The molecule has 0 aliphatic carbocycles. The molecule has 0 bridgehead atoms. The molecule has 81 heavy (non-hydrogen) atoms. The molecule has 0 N–H and O–H groups in total. The monoisotopic (exact) mass is 1040 g/mol. The number of benzene rings is 8. The van der Waals surface area contributed by atoms with Gasteiger partial charge in [0.15, 0.2) is 0 Å². The fraction of sp³-hybridized carbons (Fsp3) is 0.0959. The third-order valence-corrected chi connectivity index (χ3v) is 17.2. The van der Waals surface area contributed by atoms with Gasteiger partial charge in [0, 0.05) is 75.0 Å². The predicted octanol–water partition coefficient (Wildman–Crippen LogP) is 16.6. The van der Waals surface area contributed by atoms with Crippen molar-refractivity contribution in [3.8, 4) is 17.1 Å². The van der Waals surface area contributed by atoms with Gasteiger partial charge in [-0.25, -0.2) is 0 Å². The molecule has 8 heterocycles. The minimum absolute atomic E-state index is 0.0764. The van der Waals surface area contributed by atoms with Crippen LogP contribution in [-0.4, -0.2) is 40.9 Å². The molecule has 2 aliphatic rings. The molecule has 2 unspecified atom stereocenters. The highest BCUT2D eigenvalue weighted by atomic mass is 15.2. The number of para-hydroxylation sites is 4. The average molecular weight is 1040 g/mol. The number of hydrogen-bond acceptors (Lipinski definition) is 5. The maximum atomic E-state index is 4.97. The highest BCUT2D eigenvalue weighted by Gasteiger charge is 2.39. The first-order valence-electron chi connectivity index (χ1n) is 28.1. The van der Waals surface area contributed by atoms with Crippen molar-refractivity contribution in [1.29, 1.82) is 0 Å². The van der Waals surface area contributed by atoms with Crippen LogP contribution in [0.25, 0.3) is 82.9 Å². The van der Waals surface area contributed by atoms with Crippen molar-refractivity contribution in [3.05, 3.63) is 289 Å². The molecular formula is C73H54N8. The average Bonchev–Trinajstić information content (AvgIpc) is 4.32. The summed E-state index contributed by atoms with van der Waals surface area (Å²) in [5, 5.41) is 3.46. The zero-order valence-corrected chi connectivity index (χ0v) is 44.5. The van der Waals surface area contributed by atoms with Crippen molar-refractivity contribution >= 4 is 83.4 Å². The van der Waals surface area contributed by atoms with E-state index in [0.29, 0.717) is 0 Å². The molecule has 14 aromatic rings. The molecule has 6 aromatic heterocycles. The van der Waals surface area contributed by atoms with Gasteiger partial charge in [0.25, 0.3) is 0 Å². The number of pyridine rings is 3. The summed E-state index contributed by atoms with van der Waals surface area (Å²) in [6, 6.07) is 84.9. The SMILES string of the molecule is C1=CC2C(N=C1)c1ccccc1N2c1ccc(CC(Cc2ccc(-n3c4ccccc4c4ncccc43)cc2)(Cc2ccc(-n3c4ccccc4c4ncccc43)cc2)Cc2ccc(-n3c4ccccc4c4ncccc43)cc2)cc1. The second-order valence-electron chi connectivity index (χ2n) is 22.1. The van der Waals surface area contributed by atoms with Gasteiger partial charge >= 0.3 is 0 Å². The van der Waals surface area contributed by atoms with Crippen LogP contribution in [0.15, 0.2) is 266 Å². The van der Waals surface area contributed by atoms with Crippen LogP contribution in [0.5, 0.6) is 0 Å². The number of fused-ring (bicyclic) bond motifs is 12. The molecule has 0 saturated carbocycles. The van der Waals surface area contributed by atoms with Crippen LogP contribution in [0, 0.1) is 5.41 Å². The summed E-state index contributed by atoms with van der Waals surface area (Å²) >= 11 is 0. The van der Waals surface area contributed by atoms with Crippen LogP contribution in [-0.2, 0) is 25.7 Å². The molecule has 0 radical (unpaired) electrons. The van der Waals surface area contributed by atoms with E-state index in [-0.39, 0.29) is 17.5 Å². The standard InChI is InChI=1S/C73H54N8/c1-5-17-61-57(13-1)69-65(21-9-41-74-69)78(61)53-33-25-49(26-34-53)45-73(46-50-27-35-54(36-28-50)79-62-18-6-2-14-58(62)70-66(79)22-10-42-75-70,47-51-29-37-55(38-30-51)80-63-19-7-3-15-59(63)71-67(80)23-11-43-76-71)48-52-31-39-56(40-32-52)81-64-20-8-4-16-60(64)72-68(81)24-12-44-77-72/h1-44,65,69H,45-48H2. The van der Waals surface area contributed by atoms with Crippen LogP contribution in [0.3, 0.4) is 0 Å². The number of dihydropyridines is 1. The summed E-state index contributed by atoms with van der Waals surface area (Å²) in [5.74, 6) is 0. The Morgan fingerprint density at radius 1 is 0.346 bits per heavy atom. The molecule has 2 atom stereocenters. The Kier molecular flexibility index (Phi) is 11.0. The maximum absolute atomic E-state index is 4.97. The van der Waals surface area contributed by atoms with Gasteiger partial charge < -0.3 is 18.6 Å². The van der Waals surface area contributed by atoms with Crippen LogP contribution < -0.4 is 4.90 Å². The number of rotatable bonds is 12.